The summed E-state index contributed by atoms with van der Waals surface area (Å²) in [7, 11) is 0. The minimum Gasteiger partial charge on any atom is -0.483 e. The van der Waals surface area contributed by atoms with Crippen LogP contribution in [0.2, 0.25) is 5.02 Å². The molecule has 0 unspecified atom stereocenters. The lowest BCUT2D eigenvalue weighted by molar-refractivity contribution is -0.123. The summed E-state index contributed by atoms with van der Waals surface area (Å²) < 4.78 is 13.7. The molecular formula is C22H27ClFN3O4. The Labute approximate surface area is 185 Å². The van der Waals surface area contributed by atoms with E-state index in [1.54, 1.807) is 11.0 Å². The molecule has 0 radical (unpaired) electrons. The van der Waals surface area contributed by atoms with Crippen LogP contribution in [0, 0.1) is 23.6 Å². The van der Waals surface area contributed by atoms with E-state index in [1.807, 2.05) is 0 Å². The van der Waals surface area contributed by atoms with E-state index in [0.29, 0.717) is 24.6 Å². The quantitative estimate of drug-likeness (QED) is 0.688. The number of rotatable bonds is 3. The molecule has 4 fully saturated rings. The summed E-state index contributed by atoms with van der Waals surface area (Å²) in [5.41, 5.74) is 0.130. The minimum atomic E-state index is -0.575. The molecule has 2 atom stereocenters. The van der Waals surface area contributed by atoms with E-state index >= 15 is 0 Å². The van der Waals surface area contributed by atoms with Crippen molar-refractivity contribution in [2.45, 2.75) is 31.2 Å². The van der Waals surface area contributed by atoms with Crippen LogP contribution in [0.3, 0.4) is 0 Å². The molecule has 9 heteroatoms. The molecule has 1 saturated carbocycles. The smallest absolute Gasteiger partial charge is 0.290 e. The normalized spacial score (nSPS) is 26.8. The van der Waals surface area contributed by atoms with Crippen molar-refractivity contribution >= 4 is 29.9 Å². The van der Waals surface area contributed by atoms with E-state index in [9.17, 15) is 14.0 Å². The van der Waals surface area contributed by atoms with Crippen molar-refractivity contribution in [1.29, 1.82) is 0 Å². The second kappa shape index (κ2) is 8.74. The van der Waals surface area contributed by atoms with Crippen LogP contribution >= 0.6 is 11.6 Å². The lowest BCUT2D eigenvalue weighted by atomic mass is 9.75. The molecule has 3 heterocycles. The third kappa shape index (κ3) is 4.41. The fraction of sp³-hybridized carbons (Fsp3) is 0.591. The molecule has 2 N–H and O–H groups in total. The Morgan fingerprint density at radius 2 is 1.97 bits per heavy atom. The Morgan fingerprint density at radius 1 is 1.29 bits per heavy atom. The van der Waals surface area contributed by atoms with Crippen molar-refractivity contribution in [3.63, 3.8) is 0 Å². The summed E-state index contributed by atoms with van der Waals surface area (Å²) in [6.45, 7) is 3.89. The highest BCUT2D eigenvalue weighted by Crippen LogP contribution is 2.45. The van der Waals surface area contributed by atoms with E-state index < -0.39 is 5.82 Å². The zero-order valence-corrected chi connectivity index (χ0v) is 18.0. The zero-order chi connectivity index (χ0) is 22.2. The fourth-order valence-electron chi connectivity index (χ4n) is 5.37. The highest BCUT2D eigenvalue weighted by Gasteiger charge is 2.57. The molecule has 1 spiro atoms. The van der Waals surface area contributed by atoms with Gasteiger partial charge in [-0.15, -0.1) is 0 Å². The maximum absolute atomic E-state index is 13.7. The van der Waals surface area contributed by atoms with Crippen molar-refractivity contribution in [3.8, 4) is 0 Å². The first-order valence-corrected chi connectivity index (χ1v) is 11.1. The average molecular weight is 452 g/mol. The number of likely N-dealkylation sites (tertiary alicyclic amines) is 2. The second-order valence-corrected chi connectivity index (χ2v) is 9.45. The predicted molar refractivity (Wildman–Crippen MR) is 112 cm³/mol. The fourth-order valence-corrected chi connectivity index (χ4v) is 5.49. The third-order valence-corrected chi connectivity index (χ3v) is 7.44. The monoisotopic (exact) mass is 451 g/mol. The number of halogens is 2. The van der Waals surface area contributed by atoms with Crippen LogP contribution in [-0.2, 0) is 9.59 Å². The number of benzene rings is 1. The van der Waals surface area contributed by atoms with Gasteiger partial charge < -0.3 is 20.2 Å². The Morgan fingerprint density at radius 3 is 2.58 bits per heavy atom. The highest BCUT2D eigenvalue weighted by atomic mass is 35.5. The molecular weight excluding hydrogens is 425 g/mol. The zero-order valence-electron chi connectivity index (χ0n) is 17.2. The number of piperidine rings is 1. The molecule has 168 valence electrons. The summed E-state index contributed by atoms with van der Waals surface area (Å²) in [5.74, 6) is 0.692. The molecule has 0 aromatic heterocycles. The first-order valence-electron chi connectivity index (χ1n) is 10.7. The molecule has 0 bridgehead atoms. The minimum absolute atomic E-state index is 0.0193. The maximum Gasteiger partial charge on any atom is 0.290 e. The van der Waals surface area contributed by atoms with Crippen molar-refractivity contribution < 1.29 is 23.9 Å². The first-order chi connectivity index (χ1) is 14.9. The molecule has 5 rings (SSSR count). The molecule has 3 aliphatic heterocycles. The van der Waals surface area contributed by atoms with Gasteiger partial charge in [0.25, 0.3) is 12.4 Å². The van der Waals surface area contributed by atoms with E-state index in [-0.39, 0.29) is 34.8 Å². The van der Waals surface area contributed by atoms with Gasteiger partial charge in [-0.05, 0) is 49.8 Å². The molecule has 1 aliphatic carbocycles. The molecule has 3 saturated heterocycles. The van der Waals surface area contributed by atoms with Crippen molar-refractivity contribution in [3.05, 3.63) is 34.6 Å². The third-order valence-electron chi connectivity index (χ3n) is 7.14. The largest absolute Gasteiger partial charge is 0.483 e. The average Bonchev–Trinajstić information content (AvgIpc) is 3.39. The van der Waals surface area contributed by atoms with E-state index in [0.717, 1.165) is 38.4 Å². The van der Waals surface area contributed by atoms with E-state index in [1.165, 1.54) is 25.0 Å². The SMILES string of the molecule is O=C1NC2(CCN(C(=O)c3ccc(Cl)c(F)c3)CC2)[C@H]2CN(CC3CC3)C[C@@H]12.O=CO. The Kier molecular flexibility index (Phi) is 6.21. The summed E-state index contributed by atoms with van der Waals surface area (Å²) >= 11 is 5.72. The van der Waals surface area contributed by atoms with Crippen LogP contribution in [0.15, 0.2) is 18.2 Å². The number of amides is 2. The van der Waals surface area contributed by atoms with Crippen LogP contribution in [0.4, 0.5) is 4.39 Å². The van der Waals surface area contributed by atoms with Gasteiger partial charge in [0.2, 0.25) is 5.91 Å². The van der Waals surface area contributed by atoms with Gasteiger partial charge in [-0.2, -0.15) is 0 Å². The molecule has 4 aliphatic rings. The topological polar surface area (TPSA) is 90.0 Å². The van der Waals surface area contributed by atoms with Crippen LogP contribution in [-0.4, -0.2) is 71.5 Å². The van der Waals surface area contributed by atoms with Crippen LogP contribution in [0.5, 0.6) is 0 Å². The number of fused-ring (bicyclic) bond motifs is 2. The first kappa shape index (κ1) is 22.0. The molecule has 31 heavy (non-hydrogen) atoms. The molecule has 7 nitrogen and oxygen atoms in total. The number of hydrogen-bond donors (Lipinski definition) is 2. The van der Waals surface area contributed by atoms with Gasteiger partial charge in [0.15, 0.2) is 0 Å². The van der Waals surface area contributed by atoms with Gasteiger partial charge >= 0.3 is 0 Å². The number of hydrogen-bond acceptors (Lipinski definition) is 4. The second-order valence-electron chi connectivity index (χ2n) is 9.05. The summed E-state index contributed by atoms with van der Waals surface area (Å²) in [6, 6.07) is 4.19. The number of carbonyl (C=O) groups is 3. The molecule has 2 amide bonds. The van der Waals surface area contributed by atoms with Gasteiger partial charge in [0.05, 0.1) is 10.9 Å². The maximum atomic E-state index is 13.7. The van der Waals surface area contributed by atoms with Crippen molar-refractivity contribution in [1.82, 2.24) is 15.1 Å². The van der Waals surface area contributed by atoms with E-state index in [2.05, 4.69) is 10.2 Å². The lowest BCUT2D eigenvalue weighted by Gasteiger charge is -2.42. The van der Waals surface area contributed by atoms with Crippen molar-refractivity contribution in [2.24, 2.45) is 17.8 Å². The van der Waals surface area contributed by atoms with Crippen LogP contribution in [0.1, 0.15) is 36.0 Å². The van der Waals surface area contributed by atoms with Crippen LogP contribution < -0.4 is 5.32 Å². The standard InChI is InChI=1S/C21H25ClFN3O2.CH2O2/c22-17-4-3-14(9-18(17)23)20(28)26-7-5-21(6-8-26)16-12-25(10-13-1-2-13)11-15(16)19(27)24-21;2-1-3/h3-4,9,13,15-16H,1-2,5-8,10-12H2,(H,24,27);1H,(H,2,3)/t15-,16+;/m1./s1. The van der Waals surface area contributed by atoms with Crippen LogP contribution in [0.25, 0.3) is 0 Å². The Balaban J connectivity index is 0.000000730. The molecule has 1 aromatic carbocycles. The molecule has 1 aromatic rings. The van der Waals surface area contributed by atoms with Gasteiger partial charge in [-0.25, -0.2) is 4.39 Å². The lowest BCUT2D eigenvalue weighted by Crippen LogP contribution is -2.56. The summed E-state index contributed by atoms with van der Waals surface area (Å²) in [4.78, 5) is 38.0. The predicted octanol–water partition coefficient (Wildman–Crippen LogP) is 2.24. The number of nitrogens with one attached hydrogen (secondary N) is 1. The van der Waals surface area contributed by atoms with Gasteiger partial charge in [-0.1, -0.05) is 11.6 Å². The van der Waals surface area contributed by atoms with Crippen molar-refractivity contribution in [2.75, 3.05) is 32.7 Å². The highest BCUT2D eigenvalue weighted by molar-refractivity contribution is 6.30. The Hall–Kier alpha value is -2.19. The van der Waals surface area contributed by atoms with Gasteiger partial charge in [-0.3, -0.25) is 14.4 Å². The van der Waals surface area contributed by atoms with E-state index in [4.69, 9.17) is 21.5 Å². The summed E-state index contributed by atoms with van der Waals surface area (Å²) in [5, 5.41) is 10.2. The Bertz CT molecular complexity index is 870. The number of carboxylic acid groups (broad SMARTS) is 1. The summed E-state index contributed by atoms with van der Waals surface area (Å²) in [6.07, 6.45) is 4.18. The van der Waals surface area contributed by atoms with Gasteiger partial charge in [0, 0.05) is 49.7 Å². The number of carbonyl (C=O) groups excluding carboxylic acids is 2. The van der Waals surface area contributed by atoms with Gasteiger partial charge in [0.1, 0.15) is 5.82 Å². The number of nitrogens with zero attached hydrogens (tertiary/aromatic N) is 2.